The van der Waals surface area contributed by atoms with Gasteiger partial charge in [-0.25, -0.2) is 0 Å². The maximum absolute atomic E-state index is 12.7. The highest BCUT2D eigenvalue weighted by molar-refractivity contribution is 5.98. The molecule has 1 amide bonds. The fourth-order valence-corrected chi connectivity index (χ4v) is 2.22. The average Bonchev–Trinajstić information content (AvgIpc) is 2.32. The van der Waals surface area contributed by atoms with Crippen molar-refractivity contribution in [3.8, 4) is 0 Å². The highest BCUT2D eigenvalue weighted by Gasteiger charge is 2.33. The van der Waals surface area contributed by atoms with Crippen molar-refractivity contribution >= 4 is 11.6 Å². The molecule has 1 aromatic rings. The van der Waals surface area contributed by atoms with Gasteiger partial charge < -0.3 is 10.6 Å². The van der Waals surface area contributed by atoms with Crippen molar-refractivity contribution in [1.82, 2.24) is 0 Å². The molecule has 2 rings (SSSR count). The summed E-state index contributed by atoms with van der Waals surface area (Å²) in [4.78, 5) is 13.3. The Labute approximate surface area is 109 Å². The molecular weight excluding hydrogens is 257 g/mol. The highest BCUT2D eigenvalue weighted by Crippen LogP contribution is 2.34. The van der Waals surface area contributed by atoms with E-state index in [2.05, 4.69) is 0 Å². The number of nitrogens with two attached hydrogens (primary N) is 1. The summed E-state index contributed by atoms with van der Waals surface area (Å²) in [6, 6.07) is 2.80. The quantitative estimate of drug-likeness (QED) is 0.853. The van der Waals surface area contributed by atoms with Crippen LogP contribution in [0.1, 0.15) is 24.0 Å². The molecule has 0 radical (unpaired) electrons. The van der Waals surface area contributed by atoms with E-state index in [-0.39, 0.29) is 5.91 Å². The third-order valence-corrected chi connectivity index (χ3v) is 3.31. The van der Waals surface area contributed by atoms with E-state index in [9.17, 15) is 18.0 Å². The number of alkyl halides is 3. The van der Waals surface area contributed by atoms with Gasteiger partial charge in [-0.3, -0.25) is 4.79 Å². The number of carbonyl (C=O) groups is 1. The summed E-state index contributed by atoms with van der Waals surface area (Å²) in [5.74, 6) is -0.311. The maximum atomic E-state index is 12.7. The molecule has 0 spiro atoms. The van der Waals surface area contributed by atoms with E-state index in [1.54, 1.807) is 6.92 Å². The standard InChI is InChI=1S/C13H15F3N2O/c1-8-4-5-9(13(14,15)16)7-11(8)18-6-2-3-10(17)12(18)19/h4-5,7,10H,2-3,6,17H2,1H3. The second-order valence-electron chi connectivity index (χ2n) is 4.74. The molecule has 1 aliphatic heterocycles. The molecule has 1 fully saturated rings. The van der Waals surface area contributed by atoms with Crippen molar-refractivity contribution in [3.05, 3.63) is 29.3 Å². The molecular formula is C13H15F3N2O. The summed E-state index contributed by atoms with van der Waals surface area (Å²) in [7, 11) is 0. The monoisotopic (exact) mass is 272 g/mol. The predicted octanol–water partition coefficient (Wildman–Crippen LogP) is 2.47. The molecule has 1 saturated heterocycles. The fraction of sp³-hybridized carbons (Fsp3) is 0.462. The Morgan fingerprint density at radius 2 is 2.05 bits per heavy atom. The first kappa shape index (κ1) is 13.9. The smallest absolute Gasteiger partial charge is 0.320 e. The predicted molar refractivity (Wildman–Crippen MR) is 65.7 cm³/mol. The molecule has 2 N–H and O–H groups in total. The van der Waals surface area contributed by atoms with Gasteiger partial charge in [0.1, 0.15) is 0 Å². The summed E-state index contributed by atoms with van der Waals surface area (Å²) in [6.07, 6.45) is -3.14. The van der Waals surface area contributed by atoms with E-state index in [0.717, 1.165) is 12.1 Å². The molecule has 0 saturated carbocycles. The minimum Gasteiger partial charge on any atom is -0.320 e. The number of rotatable bonds is 1. The zero-order valence-electron chi connectivity index (χ0n) is 10.5. The number of aryl methyl sites for hydroxylation is 1. The number of carbonyl (C=O) groups excluding carboxylic acids is 1. The average molecular weight is 272 g/mol. The molecule has 1 atom stereocenters. The number of hydrogen-bond donors (Lipinski definition) is 1. The summed E-state index contributed by atoms with van der Waals surface area (Å²) in [5.41, 5.74) is 5.85. The lowest BCUT2D eigenvalue weighted by atomic mass is 10.0. The van der Waals surface area contributed by atoms with Crippen LogP contribution in [-0.2, 0) is 11.0 Å². The topological polar surface area (TPSA) is 46.3 Å². The molecule has 19 heavy (non-hydrogen) atoms. The number of amides is 1. The normalized spacial score (nSPS) is 20.8. The second kappa shape index (κ2) is 4.85. The van der Waals surface area contributed by atoms with Crippen molar-refractivity contribution in [2.24, 2.45) is 5.73 Å². The molecule has 1 unspecified atom stereocenters. The molecule has 0 bridgehead atoms. The Balaban J connectivity index is 2.41. The van der Waals surface area contributed by atoms with E-state index in [0.29, 0.717) is 30.6 Å². The van der Waals surface area contributed by atoms with Crippen molar-refractivity contribution in [2.45, 2.75) is 32.0 Å². The molecule has 1 heterocycles. The van der Waals surface area contributed by atoms with Gasteiger partial charge in [0.25, 0.3) is 0 Å². The summed E-state index contributed by atoms with van der Waals surface area (Å²) < 4.78 is 38.1. The van der Waals surface area contributed by atoms with Crippen LogP contribution in [0.25, 0.3) is 0 Å². The number of anilines is 1. The third-order valence-electron chi connectivity index (χ3n) is 3.31. The minimum atomic E-state index is -4.41. The molecule has 3 nitrogen and oxygen atoms in total. The lowest BCUT2D eigenvalue weighted by molar-refractivity contribution is -0.137. The van der Waals surface area contributed by atoms with Crippen LogP contribution < -0.4 is 10.6 Å². The maximum Gasteiger partial charge on any atom is 0.416 e. The van der Waals surface area contributed by atoms with Gasteiger partial charge in [0.2, 0.25) is 5.91 Å². The van der Waals surface area contributed by atoms with Crippen molar-refractivity contribution in [2.75, 3.05) is 11.4 Å². The van der Waals surface area contributed by atoms with Crippen LogP contribution in [-0.4, -0.2) is 18.5 Å². The Hall–Kier alpha value is -1.56. The van der Waals surface area contributed by atoms with Crippen LogP contribution in [0.3, 0.4) is 0 Å². The first-order chi connectivity index (χ1) is 8.80. The second-order valence-corrected chi connectivity index (χ2v) is 4.74. The number of nitrogens with zero attached hydrogens (tertiary/aromatic N) is 1. The van der Waals surface area contributed by atoms with Crippen molar-refractivity contribution in [3.63, 3.8) is 0 Å². The first-order valence-corrected chi connectivity index (χ1v) is 6.05. The van der Waals surface area contributed by atoms with E-state index in [1.165, 1.54) is 11.0 Å². The minimum absolute atomic E-state index is 0.301. The molecule has 1 aliphatic rings. The summed E-state index contributed by atoms with van der Waals surface area (Å²) in [6.45, 7) is 2.09. The zero-order valence-corrected chi connectivity index (χ0v) is 10.5. The Kier molecular flexibility index (Phi) is 3.54. The third kappa shape index (κ3) is 2.73. The molecule has 0 aliphatic carbocycles. The molecule has 1 aromatic carbocycles. The Bertz CT molecular complexity index is 499. The van der Waals surface area contributed by atoms with Crippen LogP contribution in [0.2, 0.25) is 0 Å². The summed E-state index contributed by atoms with van der Waals surface area (Å²) >= 11 is 0. The van der Waals surface area contributed by atoms with Crippen molar-refractivity contribution in [1.29, 1.82) is 0 Å². The molecule has 104 valence electrons. The van der Waals surface area contributed by atoms with Crippen molar-refractivity contribution < 1.29 is 18.0 Å². The summed E-state index contributed by atoms with van der Waals surface area (Å²) in [5, 5.41) is 0. The number of halogens is 3. The van der Waals surface area contributed by atoms with Crippen LogP contribution >= 0.6 is 0 Å². The lowest BCUT2D eigenvalue weighted by Gasteiger charge is -2.32. The van der Waals surface area contributed by atoms with Gasteiger partial charge >= 0.3 is 6.18 Å². The van der Waals surface area contributed by atoms with Gasteiger partial charge in [0.15, 0.2) is 0 Å². The van der Waals surface area contributed by atoms with Crippen LogP contribution in [0.4, 0.5) is 18.9 Å². The molecule has 6 heteroatoms. The van der Waals surface area contributed by atoms with E-state index >= 15 is 0 Å². The van der Waals surface area contributed by atoms with E-state index in [1.807, 2.05) is 0 Å². The van der Waals surface area contributed by atoms with Gasteiger partial charge in [-0.15, -0.1) is 0 Å². The van der Waals surface area contributed by atoms with Crippen LogP contribution in [0.5, 0.6) is 0 Å². The van der Waals surface area contributed by atoms with Gasteiger partial charge in [0.05, 0.1) is 11.6 Å². The molecule has 0 aromatic heterocycles. The largest absolute Gasteiger partial charge is 0.416 e. The van der Waals surface area contributed by atoms with E-state index < -0.39 is 17.8 Å². The number of benzene rings is 1. The number of hydrogen-bond acceptors (Lipinski definition) is 2. The Morgan fingerprint density at radius 3 is 2.68 bits per heavy atom. The fourth-order valence-electron chi connectivity index (χ4n) is 2.22. The van der Waals surface area contributed by atoms with Gasteiger partial charge in [-0.2, -0.15) is 13.2 Å². The first-order valence-electron chi connectivity index (χ1n) is 6.05. The number of piperidine rings is 1. The lowest BCUT2D eigenvalue weighted by Crippen LogP contribution is -2.48. The zero-order chi connectivity index (χ0) is 14.2. The van der Waals surface area contributed by atoms with Gasteiger partial charge in [-0.05, 0) is 37.5 Å². The van der Waals surface area contributed by atoms with Crippen LogP contribution in [0, 0.1) is 6.92 Å². The van der Waals surface area contributed by atoms with Gasteiger partial charge in [0, 0.05) is 12.2 Å². The SMILES string of the molecule is Cc1ccc(C(F)(F)F)cc1N1CCCC(N)C1=O. The van der Waals surface area contributed by atoms with Gasteiger partial charge in [-0.1, -0.05) is 6.07 Å². The Morgan fingerprint density at radius 1 is 1.37 bits per heavy atom. The van der Waals surface area contributed by atoms with E-state index in [4.69, 9.17) is 5.73 Å². The van der Waals surface area contributed by atoms with Crippen LogP contribution in [0.15, 0.2) is 18.2 Å². The highest BCUT2D eigenvalue weighted by atomic mass is 19.4.